The summed E-state index contributed by atoms with van der Waals surface area (Å²) >= 11 is 0. The standard InChI is InChI=1S/C23H25N3O3/c1-3-5-22(27)24-18-11-12-19-20(15-18)26-21(25-19)14-17-8-6-16(7-9-17)10-13-23(28)29-4-2/h6-13,15H,3-5,14H2,1-2H3,(H,24,27)(H,25,26)/b13-10+. The first-order valence-electron chi connectivity index (χ1n) is 9.79. The number of carbonyl (C=O) groups excluding carboxylic acids is 2. The minimum absolute atomic E-state index is 0.0173. The number of hydrogen-bond donors (Lipinski definition) is 2. The van der Waals surface area contributed by atoms with Crippen LogP contribution in [-0.2, 0) is 20.7 Å². The number of benzene rings is 2. The minimum Gasteiger partial charge on any atom is -0.463 e. The third kappa shape index (κ3) is 5.78. The lowest BCUT2D eigenvalue weighted by Crippen LogP contribution is -2.10. The van der Waals surface area contributed by atoms with Crippen molar-refractivity contribution in [2.75, 3.05) is 11.9 Å². The zero-order chi connectivity index (χ0) is 20.6. The Balaban J connectivity index is 1.66. The van der Waals surface area contributed by atoms with Gasteiger partial charge < -0.3 is 15.0 Å². The molecule has 0 aliphatic rings. The molecule has 1 amide bonds. The molecule has 2 aromatic carbocycles. The molecule has 2 N–H and O–H groups in total. The van der Waals surface area contributed by atoms with Crippen LogP contribution in [0.15, 0.2) is 48.5 Å². The predicted molar refractivity (Wildman–Crippen MR) is 115 cm³/mol. The van der Waals surface area contributed by atoms with Crippen LogP contribution >= 0.6 is 0 Å². The lowest BCUT2D eigenvalue weighted by Gasteiger charge is -2.03. The molecule has 0 fully saturated rings. The van der Waals surface area contributed by atoms with Crippen LogP contribution in [0.1, 0.15) is 43.6 Å². The monoisotopic (exact) mass is 391 g/mol. The quantitative estimate of drug-likeness (QED) is 0.438. The van der Waals surface area contributed by atoms with Crippen LogP contribution in [0.25, 0.3) is 17.1 Å². The number of fused-ring (bicyclic) bond motifs is 1. The van der Waals surface area contributed by atoms with Crippen molar-refractivity contribution in [3.8, 4) is 0 Å². The normalized spacial score (nSPS) is 11.1. The van der Waals surface area contributed by atoms with E-state index in [2.05, 4.69) is 15.3 Å². The SMILES string of the molecule is CCCC(=O)Nc1ccc2nc(Cc3ccc(/C=C/C(=O)OCC)cc3)[nH]c2c1. The van der Waals surface area contributed by atoms with Gasteiger partial charge in [0.15, 0.2) is 0 Å². The number of carbonyl (C=O) groups is 2. The number of H-pyrrole nitrogens is 1. The van der Waals surface area contributed by atoms with Crippen molar-refractivity contribution >= 4 is 34.7 Å². The zero-order valence-electron chi connectivity index (χ0n) is 16.7. The predicted octanol–water partition coefficient (Wildman–Crippen LogP) is 4.47. The molecule has 0 radical (unpaired) electrons. The molecule has 1 heterocycles. The van der Waals surface area contributed by atoms with Gasteiger partial charge in [-0.05, 0) is 48.7 Å². The maximum atomic E-state index is 11.8. The highest BCUT2D eigenvalue weighted by Crippen LogP contribution is 2.19. The molecule has 0 aliphatic carbocycles. The van der Waals surface area contributed by atoms with E-state index in [1.54, 1.807) is 13.0 Å². The Bertz CT molecular complexity index is 1020. The molecular formula is C23H25N3O3. The first-order chi connectivity index (χ1) is 14.1. The molecule has 0 bridgehead atoms. The van der Waals surface area contributed by atoms with Crippen molar-refractivity contribution in [1.29, 1.82) is 0 Å². The maximum Gasteiger partial charge on any atom is 0.330 e. The fraction of sp³-hybridized carbons (Fsp3) is 0.261. The van der Waals surface area contributed by atoms with E-state index >= 15 is 0 Å². The summed E-state index contributed by atoms with van der Waals surface area (Å²) in [7, 11) is 0. The number of imidazole rings is 1. The second-order valence-electron chi connectivity index (χ2n) is 6.72. The molecule has 6 heteroatoms. The molecule has 3 rings (SSSR count). The molecule has 0 atom stereocenters. The second kappa shape index (κ2) is 9.68. The molecule has 3 aromatic rings. The third-order valence-corrected chi connectivity index (χ3v) is 4.34. The summed E-state index contributed by atoms with van der Waals surface area (Å²) in [5, 5.41) is 2.90. The van der Waals surface area contributed by atoms with Gasteiger partial charge in [0.2, 0.25) is 5.91 Å². The highest BCUT2D eigenvalue weighted by Gasteiger charge is 2.07. The molecule has 0 spiro atoms. The summed E-state index contributed by atoms with van der Waals surface area (Å²) in [6.07, 6.45) is 5.15. The summed E-state index contributed by atoms with van der Waals surface area (Å²) < 4.78 is 4.88. The van der Waals surface area contributed by atoms with E-state index in [4.69, 9.17) is 4.74 Å². The van der Waals surface area contributed by atoms with Gasteiger partial charge in [0.25, 0.3) is 0 Å². The number of aromatic amines is 1. The lowest BCUT2D eigenvalue weighted by molar-refractivity contribution is -0.137. The van der Waals surface area contributed by atoms with E-state index in [0.29, 0.717) is 19.4 Å². The highest BCUT2D eigenvalue weighted by molar-refractivity contribution is 5.93. The van der Waals surface area contributed by atoms with Crippen LogP contribution in [0, 0.1) is 0 Å². The molecule has 6 nitrogen and oxygen atoms in total. The van der Waals surface area contributed by atoms with Gasteiger partial charge in [0.05, 0.1) is 17.6 Å². The summed E-state index contributed by atoms with van der Waals surface area (Å²) in [5.41, 5.74) is 4.56. The number of hydrogen-bond acceptors (Lipinski definition) is 4. The van der Waals surface area contributed by atoms with Crippen LogP contribution < -0.4 is 5.32 Å². The largest absolute Gasteiger partial charge is 0.463 e. The average molecular weight is 391 g/mol. The number of rotatable bonds is 8. The number of esters is 1. The number of nitrogens with zero attached hydrogens (tertiary/aromatic N) is 1. The van der Waals surface area contributed by atoms with Crippen molar-refractivity contribution in [2.24, 2.45) is 0 Å². The van der Waals surface area contributed by atoms with Gasteiger partial charge in [0.1, 0.15) is 5.82 Å². The third-order valence-electron chi connectivity index (χ3n) is 4.34. The molecule has 29 heavy (non-hydrogen) atoms. The van der Waals surface area contributed by atoms with Gasteiger partial charge in [-0.3, -0.25) is 4.79 Å². The lowest BCUT2D eigenvalue weighted by atomic mass is 10.1. The number of ether oxygens (including phenoxy) is 1. The summed E-state index contributed by atoms with van der Waals surface area (Å²) in [5.74, 6) is 0.527. The van der Waals surface area contributed by atoms with Gasteiger partial charge in [-0.25, -0.2) is 9.78 Å². The molecule has 0 saturated carbocycles. The number of amides is 1. The van der Waals surface area contributed by atoms with Gasteiger partial charge in [-0.1, -0.05) is 31.2 Å². The van der Waals surface area contributed by atoms with E-state index in [-0.39, 0.29) is 11.9 Å². The van der Waals surface area contributed by atoms with Crippen LogP contribution in [0.5, 0.6) is 0 Å². The van der Waals surface area contributed by atoms with Gasteiger partial charge in [0, 0.05) is 24.6 Å². The molecule has 0 unspecified atom stereocenters. The van der Waals surface area contributed by atoms with E-state index in [1.807, 2.05) is 49.4 Å². The maximum absolute atomic E-state index is 11.8. The Kier molecular flexibility index (Phi) is 6.79. The summed E-state index contributed by atoms with van der Waals surface area (Å²) in [4.78, 5) is 31.1. The van der Waals surface area contributed by atoms with E-state index < -0.39 is 0 Å². The topological polar surface area (TPSA) is 84.1 Å². The highest BCUT2D eigenvalue weighted by atomic mass is 16.5. The van der Waals surface area contributed by atoms with Gasteiger partial charge in [-0.15, -0.1) is 0 Å². The van der Waals surface area contributed by atoms with E-state index in [0.717, 1.165) is 40.1 Å². The fourth-order valence-electron chi connectivity index (χ4n) is 2.97. The van der Waals surface area contributed by atoms with Crippen LogP contribution in [0.3, 0.4) is 0 Å². The average Bonchev–Trinajstić information content (AvgIpc) is 3.09. The van der Waals surface area contributed by atoms with Gasteiger partial charge in [-0.2, -0.15) is 0 Å². The van der Waals surface area contributed by atoms with Crippen molar-refractivity contribution in [1.82, 2.24) is 9.97 Å². The molecule has 0 saturated heterocycles. The first kappa shape index (κ1) is 20.3. The Morgan fingerprint density at radius 1 is 1.14 bits per heavy atom. The van der Waals surface area contributed by atoms with Crippen molar-refractivity contribution < 1.29 is 14.3 Å². The Morgan fingerprint density at radius 3 is 2.66 bits per heavy atom. The number of nitrogens with one attached hydrogen (secondary N) is 2. The number of anilines is 1. The Morgan fingerprint density at radius 2 is 1.93 bits per heavy atom. The van der Waals surface area contributed by atoms with Crippen molar-refractivity contribution in [2.45, 2.75) is 33.1 Å². The number of aromatic nitrogens is 2. The molecule has 1 aromatic heterocycles. The van der Waals surface area contributed by atoms with Crippen LogP contribution in [0.2, 0.25) is 0 Å². The zero-order valence-corrected chi connectivity index (χ0v) is 16.7. The fourth-order valence-corrected chi connectivity index (χ4v) is 2.97. The Labute approximate surface area is 170 Å². The Hall–Kier alpha value is -3.41. The molecule has 0 aliphatic heterocycles. The molecular weight excluding hydrogens is 366 g/mol. The van der Waals surface area contributed by atoms with Crippen LogP contribution in [-0.4, -0.2) is 28.5 Å². The first-order valence-corrected chi connectivity index (χ1v) is 9.79. The van der Waals surface area contributed by atoms with Crippen LogP contribution in [0.4, 0.5) is 5.69 Å². The smallest absolute Gasteiger partial charge is 0.330 e. The van der Waals surface area contributed by atoms with Gasteiger partial charge >= 0.3 is 5.97 Å². The minimum atomic E-state index is -0.343. The summed E-state index contributed by atoms with van der Waals surface area (Å²) in [6, 6.07) is 13.6. The van der Waals surface area contributed by atoms with E-state index in [9.17, 15) is 9.59 Å². The van der Waals surface area contributed by atoms with Crippen molar-refractivity contribution in [3.63, 3.8) is 0 Å². The summed E-state index contributed by atoms with van der Waals surface area (Å²) in [6.45, 7) is 4.13. The molecule has 150 valence electrons. The van der Waals surface area contributed by atoms with E-state index in [1.165, 1.54) is 6.08 Å². The van der Waals surface area contributed by atoms with Crippen molar-refractivity contribution in [3.05, 3.63) is 65.5 Å². The second-order valence-corrected chi connectivity index (χ2v) is 6.72.